The number of amides is 2. The lowest BCUT2D eigenvalue weighted by atomic mass is 10.1. The molecule has 0 aliphatic heterocycles. The standard InChI is InChI=1S/C21H24ClFN2O4/c1-15(21(28)24-11-4-12-26)25(13-16-7-9-17(23)10-8-16)20(27)14-29-19-6-3-2-5-18(19)22/h2-3,5-10,15,26H,4,11-14H2,1H3,(H,24,28)/t15-/m0/s1. The van der Waals surface area contributed by atoms with E-state index in [1.807, 2.05) is 0 Å². The van der Waals surface area contributed by atoms with E-state index in [9.17, 15) is 14.0 Å². The second kappa shape index (κ2) is 11.4. The Balaban J connectivity index is 2.11. The first-order chi connectivity index (χ1) is 13.9. The van der Waals surface area contributed by atoms with Crippen LogP contribution in [0.1, 0.15) is 18.9 Å². The average Bonchev–Trinajstić information content (AvgIpc) is 2.72. The molecule has 0 heterocycles. The Morgan fingerprint density at radius 2 is 1.90 bits per heavy atom. The van der Waals surface area contributed by atoms with Gasteiger partial charge in [0.15, 0.2) is 6.61 Å². The van der Waals surface area contributed by atoms with Gasteiger partial charge in [0.1, 0.15) is 17.6 Å². The summed E-state index contributed by atoms with van der Waals surface area (Å²) in [5, 5.41) is 11.9. The van der Waals surface area contributed by atoms with Gasteiger partial charge in [0.05, 0.1) is 5.02 Å². The molecule has 29 heavy (non-hydrogen) atoms. The summed E-state index contributed by atoms with van der Waals surface area (Å²) < 4.78 is 18.7. The van der Waals surface area contributed by atoms with Crippen molar-refractivity contribution in [2.75, 3.05) is 19.8 Å². The summed E-state index contributed by atoms with van der Waals surface area (Å²) in [5.41, 5.74) is 0.674. The van der Waals surface area contributed by atoms with Crippen molar-refractivity contribution < 1.29 is 23.8 Å². The van der Waals surface area contributed by atoms with Crippen LogP contribution in [0.4, 0.5) is 4.39 Å². The highest BCUT2D eigenvalue weighted by atomic mass is 35.5. The Bertz CT molecular complexity index is 817. The molecule has 0 saturated carbocycles. The zero-order chi connectivity index (χ0) is 21.2. The van der Waals surface area contributed by atoms with Crippen LogP contribution in [0.5, 0.6) is 5.75 Å². The zero-order valence-corrected chi connectivity index (χ0v) is 16.9. The van der Waals surface area contributed by atoms with Crippen molar-refractivity contribution in [1.29, 1.82) is 0 Å². The number of carbonyl (C=O) groups is 2. The molecule has 2 aromatic carbocycles. The highest BCUT2D eigenvalue weighted by Crippen LogP contribution is 2.23. The van der Waals surface area contributed by atoms with Crippen molar-refractivity contribution in [3.05, 3.63) is 64.9 Å². The molecule has 6 nitrogen and oxygen atoms in total. The number of halogens is 2. The number of nitrogens with zero attached hydrogens (tertiary/aromatic N) is 1. The van der Waals surface area contributed by atoms with E-state index in [1.54, 1.807) is 43.3 Å². The third-order valence-electron chi connectivity index (χ3n) is 4.26. The maximum absolute atomic E-state index is 13.2. The largest absolute Gasteiger partial charge is 0.482 e. The third kappa shape index (κ3) is 7.03. The van der Waals surface area contributed by atoms with Crippen LogP contribution in [-0.4, -0.2) is 47.6 Å². The lowest BCUT2D eigenvalue weighted by Gasteiger charge is -2.28. The highest BCUT2D eigenvalue weighted by Gasteiger charge is 2.26. The summed E-state index contributed by atoms with van der Waals surface area (Å²) >= 11 is 6.05. The number of carbonyl (C=O) groups excluding carboxylic acids is 2. The van der Waals surface area contributed by atoms with Gasteiger partial charge in [0.2, 0.25) is 5.91 Å². The van der Waals surface area contributed by atoms with E-state index in [-0.39, 0.29) is 31.5 Å². The van der Waals surface area contributed by atoms with Crippen LogP contribution in [-0.2, 0) is 16.1 Å². The SMILES string of the molecule is C[C@@H](C(=O)NCCCO)N(Cc1ccc(F)cc1)C(=O)COc1ccccc1Cl. The second-order valence-electron chi connectivity index (χ2n) is 6.41. The zero-order valence-electron chi connectivity index (χ0n) is 16.1. The molecule has 2 N–H and O–H groups in total. The van der Waals surface area contributed by atoms with Gasteiger partial charge in [-0.25, -0.2) is 4.39 Å². The lowest BCUT2D eigenvalue weighted by Crippen LogP contribution is -2.49. The Morgan fingerprint density at radius 1 is 1.21 bits per heavy atom. The van der Waals surface area contributed by atoms with Crippen LogP contribution in [0.15, 0.2) is 48.5 Å². The van der Waals surface area contributed by atoms with E-state index in [2.05, 4.69) is 5.32 Å². The summed E-state index contributed by atoms with van der Waals surface area (Å²) in [7, 11) is 0. The fourth-order valence-corrected chi connectivity index (χ4v) is 2.78. The van der Waals surface area contributed by atoms with Gasteiger partial charge in [-0.15, -0.1) is 0 Å². The first-order valence-corrected chi connectivity index (χ1v) is 9.60. The number of hydrogen-bond acceptors (Lipinski definition) is 4. The number of aliphatic hydroxyl groups is 1. The van der Waals surface area contributed by atoms with Crippen LogP contribution >= 0.6 is 11.6 Å². The van der Waals surface area contributed by atoms with Crippen LogP contribution in [0.3, 0.4) is 0 Å². The highest BCUT2D eigenvalue weighted by molar-refractivity contribution is 6.32. The number of benzene rings is 2. The molecule has 1 atom stereocenters. The Morgan fingerprint density at radius 3 is 2.55 bits per heavy atom. The van der Waals surface area contributed by atoms with Crippen LogP contribution < -0.4 is 10.1 Å². The molecular formula is C21H24ClFN2O4. The summed E-state index contributed by atoms with van der Waals surface area (Å²) in [6, 6.07) is 11.7. The molecule has 0 radical (unpaired) electrons. The Labute approximate surface area is 174 Å². The molecule has 2 aromatic rings. The fraction of sp³-hybridized carbons (Fsp3) is 0.333. The molecule has 0 aliphatic rings. The quantitative estimate of drug-likeness (QED) is 0.577. The summed E-state index contributed by atoms with van der Waals surface area (Å²) in [6.45, 7) is 1.66. The number of ether oxygens (including phenoxy) is 1. The maximum Gasteiger partial charge on any atom is 0.261 e. The Hall–Kier alpha value is -2.64. The van der Waals surface area contributed by atoms with Gasteiger partial charge in [-0.2, -0.15) is 0 Å². The van der Waals surface area contributed by atoms with E-state index in [0.717, 1.165) is 0 Å². The van der Waals surface area contributed by atoms with Gasteiger partial charge in [-0.3, -0.25) is 9.59 Å². The van der Waals surface area contributed by atoms with Gasteiger partial charge in [0.25, 0.3) is 5.91 Å². The molecule has 0 saturated heterocycles. The predicted octanol–water partition coefficient (Wildman–Crippen LogP) is 2.77. The topological polar surface area (TPSA) is 78.9 Å². The molecule has 0 bridgehead atoms. The van der Waals surface area contributed by atoms with Crippen LogP contribution in [0.2, 0.25) is 5.02 Å². The van der Waals surface area contributed by atoms with E-state index < -0.39 is 11.9 Å². The molecule has 0 spiro atoms. The van der Waals surface area contributed by atoms with Crippen molar-refractivity contribution in [2.45, 2.75) is 25.9 Å². The molecule has 8 heteroatoms. The fourth-order valence-electron chi connectivity index (χ4n) is 2.59. The van der Waals surface area contributed by atoms with E-state index in [4.69, 9.17) is 21.4 Å². The third-order valence-corrected chi connectivity index (χ3v) is 4.57. The minimum absolute atomic E-state index is 0.0431. The molecule has 0 fully saturated rings. The van der Waals surface area contributed by atoms with Gasteiger partial charge in [-0.1, -0.05) is 35.9 Å². The maximum atomic E-state index is 13.2. The first kappa shape index (κ1) is 22.6. The van der Waals surface area contributed by atoms with Crippen molar-refractivity contribution >= 4 is 23.4 Å². The molecule has 0 aliphatic carbocycles. The number of para-hydroxylation sites is 1. The van der Waals surface area contributed by atoms with Crippen molar-refractivity contribution in [1.82, 2.24) is 10.2 Å². The number of hydrogen-bond donors (Lipinski definition) is 2. The smallest absolute Gasteiger partial charge is 0.261 e. The number of rotatable bonds is 10. The van der Waals surface area contributed by atoms with E-state index >= 15 is 0 Å². The Kier molecular flexibility index (Phi) is 8.89. The van der Waals surface area contributed by atoms with Crippen LogP contribution in [0, 0.1) is 5.82 Å². The molecular weight excluding hydrogens is 399 g/mol. The number of aliphatic hydroxyl groups excluding tert-OH is 1. The van der Waals surface area contributed by atoms with E-state index in [1.165, 1.54) is 17.0 Å². The molecule has 0 unspecified atom stereocenters. The molecule has 156 valence electrons. The minimum atomic E-state index is -0.791. The van der Waals surface area contributed by atoms with Crippen molar-refractivity contribution in [2.24, 2.45) is 0 Å². The second-order valence-corrected chi connectivity index (χ2v) is 6.82. The summed E-state index contributed by atoms with van der Waals surface area (Å²) in [6.07, 6.45) is 0.417. The first-order valence-electron chi connectivity index (χ1n) is 9.22. The van der Waals surface area contributed by atoms with Crippen LogP contribution in [0.25, 0.3) is 0 Å². The van der Waals surface area contributed by atoms with Gasteiger partial charge in [0, 0.05) is 19.7 Å². The summed E-state index contributed by atoms with van der Waals surface area (Å²) in [5.74, 6) is -0.793. The van der Waals surface area contributed by atoms with Gasteiger partial charge >= 0.3 is 0 Å². The van der Waals surface area contributed by atoms with Crippen molar-refractivity contribution in [3.63, 3.8) is 0 Å². The van der Waals surface area contributed by atoms with Gasteiger partial charge < -0.3 is 20.1 Å². The normalized spacial score (nSPS) is 11.6. The average molecular weight is 423 g/mol. The predicted molar refractivity (Wildman–Crippen MR) is 108 cm³/mol. The molecule has 2 amide bonds. The van der Waals surface area contributed by atoms with Crippen molar-refractivity contribution in [3.8, 4) is 5.75 Å². The minimum Gasteiger partial charge on any atom is -0.482 e. The monoisotopic (exact) mass is 422 g/mol. The van der Waals surface area contributed by atoms with Gasteiger partial charge in [-0.05, 0) is 43.2 Å². The summed E-state index contributed by atoms with van der Waals surface area (Å²) in [4.78, 5) is 26.6. The lowest BCUT2D eigenvalue weighted by molar-refractivity contribution is -0.142. The molecule has 2 rings (SSSR count). The number of nitrogens with one attached hydrogen (secondary N) is 1. The molecule has 0 aromatic heterocycles. The van der Waals surface area contributed by atoms with E-state index in [0.29, 0.717) is 29.3 Å².